The molecule has 1 heterocycles. The van der Waals surface area contributed by atoms with Gasteiger partial charge in [-0.2, -0.15) is 8.78 Å². The summed E-state index contributed by atoms with van der Waals surface area (Å²) >= 11 is 5.83. The second-order valence-corrected chi connectivity index (χ2v) is 5.50. The van der Waals surface area contributed by atoms with E-state index in [0.717, 1.165) is 12.8 Å². The number of halogens is 3. The highest BCUT2D eigenvalue weighted by molar-refractivity contribution is 6.32. The molecule has 0 aliphatic carbocycles. The number of carbonyl (C=O) groups excluding carboxylic acids is 1. The van der Waals surface area contributed by atoms with Gasteiger partial charge in [-0.1, -0.05) is 11.6 Å². The van der Waals surface area contributed by atoms with Gasteiger partial charge in [-0.3, -0.25) is 0 Å². The van der Waals surface area contributed by atoms with E-state index in [0.29, 0.717) is 18.8 Å². The Bertz CT molecular complexity index is 531. The average molecular weight is 335 g/mol. The van der Waals surface area contributed by atoms with E-state index in [1.807, 2.05) is 0 Å². The number of nitrogens with one attached hydrogen (secondary N) is 1. The molecule has 0 radical (unpaired) electrons. The van der Waals surface area contributed by atoms with Gasteiger partial charge in [0.2, 0.25) is 0 Å². The number of benzene rings is 1. The molecule has 1 aromatic rings. The number of likely N-dealkylation sites (tertiary alicyclic amines) is 1. The zero-order valence-corrected chi connectivity index (χ0v) is 12.5. The molecule has 1 aromatic carbocycles. The molecular formula is C14H17ClF2N2O3. The molecule has 1 saturated heterocycles. The Hall–Kier alpha value is -1.60. The van der Waals surface area contributed by atoms with Crippen LogP contribution in [0.5, 0.6) is 5.75 Å². The Morgan fingerprint density at radius 2 is 2.32 bits per heavy atom. The highest BCUT2D eigenvalue weighted by atomic mass is 35.5. The van der Waals surface area contributed by atoms with Crippen LogP contribution in [0, 0.1) is 5.92 Å². The second-order valence-electron chi connectivity index (χ2n) is 5.09. The van der Waals surface area contributed by atoms with Gasteiger partial charge in [0, 0.05) is 25.4 Å². The number of aliphatic hydroxyl groups excluding tert-OH is 1. The molecule has 5 nitrogen and oxygen atoms in total. The van der Waals surface area contributed by atoms with Crippen molar-refractivity contribution in [2.24, 2.45) is 5.92 Å². The van der Waals surface area contributed by atoms with Gasteiger partial charge in [0.25, 0.3) is 0 Å². The first kappa shape index (κ1) is 16.8. The Labute approximate surface area is 131 Å². The molecule has 1 fully saturated rings. The molecule has 1 atom stereocenters. The summed E-state index contributed by atoms with van der Waals surface area (Å²) in [5.74, 6) is -0.0575. The Balaban J connectivity index is 1.98. The number of carbonyl (C=O) groups is 1. The summed E-state index contributed by atoms with van der Waals surface area (Å²) in [5.41, 5.74) is 0.391. The second kappa shape index (κ2) is 7.60. The number of rotatable bonds is 4. The van der Waals surface area contributed by atoms with Crippen LogP contribution in [0.1, 0.15) is 12.8 Å². The Morgan fingerprint density at radius 1 is 1.55 bits per heavy atom. The van der Waals surface area contributed by atoms with Gasteiger partial charge >= 0.3 is 12.6 Å². The van der Waals surface area contributed by atoms with Crippen molar-refractivity contribution in [3.05, 3.63) is 23.2 Å². The van der Waals surface area contributed by atoms with Crippen LogP contribution in [0.3, 0.4) is 0 Å². The molecule has 122 valence electrons. The number of piperidine rings is 1. The van der Waals surface area contributed by atoms with E-state index in [9.17, 15) is 13.6 Å². The molecule has 0 bridgehead atoms. The molecule has 22 heavy (non-hydrogen) atoms. The van der Waals surface area contributed by atoms with Crippen molar-refractivity contribution in [1.29, 1.82) is 0 Å². The molecule has 1 aliphatic rings. The normalized spacial score (nSPS) is 18.4. The molecule has 0 spiro atoms. The minimum absolute atomic E-state index is 0.00928. The predicted octanol–water partition coefficient (Wildman–Crippen LogP) is 3.18. The Kier molecular flexibility index (Phi) is 5.79. The van der Waals surface area contributed by atoms with Gasteiger partial charge in [-0.15, -0.1) is 0 Å². The fourth-order valence-electron chi connectivity index (χ4n) is 2.37. The summed E-state index contributed by atoms with van der Waals surface area (Å²) in [6.45, 7) is -1.80. The monoisotopic (exact) mass is 334 g/mol. The number of hydrogen-bond acceptors (Lipinski definition) is 3. The minimum Gasteiger partial charge on any atom is -0.433 e. The third-order valence-electron chi connectivity index (χ3n) is 3.46. The van der Waals surface area contributed by atoms with Gasteiger partial charge < -0.3 is 20.1 Å². The summed E-state index contributed by atoms with van der Waals surface area (Å²) in [6.07, 6.45) is 1.73. The standard InChI is InChI=1S/C14H17ClF2N2O3/c15-11-6-10(3-4-12(11)22-13(16)17)18-14(21)19-5-1-2-9(7-19)8-20/h3-4,6,9,13,20H,1-2,5,7-8H2,(H,18,21). The maximum Gasteiger partial charge on any atom is 0.387 e. The molecule has 2 amide bonds. The highest BCUT2D eigenvalue weighted by Crippen LogP contribution is 2.29. The van der Waals surface area contributed by atoms with E-state index in [4.69, 9.17) is 16.7 Å². The first-order valence-corrected chi connectivity index (χ1v) is 7.28. The van der Waals surface area contributed by atoms with Crippen molar-refractivity contribution in [3.63, 3.8) is 0 Å². The van der Waals surface area contributed by atoms with Gasteiger partial charge in [0.05, 0.1) is 5.02 Å². The van der Waals surface area contributed by atoms with Crippen molar-refractivity contribution >= 4 is 23.3 Å². The fourth-order valence-corrected chi connectivity index (χ4v) is 2.60. The smallest absolute Gasteiger partial charge is 0.387 e. The number of hydrogen-bond donors (Lipinski definition) is 2. The molecule has 2 N–H and O–H groups in total. The van der Waals surface area contributed by atoms with Crippen molar-refractivity contribution in [3.8, 4) is 5.75 Å². The van der Waals surface area contributed by atoms with E-state index in [1.54, 1.807) is 4.90 Å². The summed E-state index contributed by atoms with van der Waals surface area (Å²) in [7, 11) is 0. The largest absolute Gasteiger partial charge is 0.433 e. The number of aliphatic hydroxyl groups is 1. The number of urea groups is 1. The van der Waals surface area contributed by atoms with E-state index in [1.165, 1.54) is 18.2 Å². The molecule has 0 aromatic heterocycles. The third-order valence-corrected chi connectivity index (χ3v) is 3.76. The first-order valence-electron chi connectivity index (χ1n) is 6.90. The van der Waals surface area contributed by atoms with Crippen LogP contribution in [-0.4, -0.2) is 42.3 Å². The lowest BCUT2D eigenvalue weighted by atomic mass is 9.99. The molecule has 1 aliphatic heterocycles. The molecule has 1 unspecified atom stereocenters. The van der Waals surface area contributed by atoms with Gasteiger partial charge in [-0.25, -0.2) is 4.79 Å². The molecule has 0 saturated carbocycles. The lowest BCUT2D eigenvalue weighted by Gasteiger charge is -2.31. The lowest BCUT2D eigenvalue weighted by Crippen LogP contribution is -2.43. The molecule has 8 heteroatoms. The van der Waals surface area contributed by atoms with E-state index in [2.05, 4.69) is 10.1 Å². The van der Waals surface area contributed by atoms with Gasteiger partial charge in [0.15, 0.2) is 0 Å². The van der Waals surface area contributed by atoms with Crippen LogP contribution in [0.4, 0.5) is 19.3 Å². The summed E-state index contributed by atoms with van der Waals surface area (Å²) in [6, 6.07) is 3.76. The third kappa shape index (κ3) is 4.45. The maximum absolute atomic E-state index is 12.1. The lowest BCUT2D eigenvalue weighted by molar-refractivity contribution is -0.0497. The number of anilines is 1. The average Bonchev–Trinajstić information content (AvgIpc) is 2.49. The van der Waals surface area contributed by atoms with Crippen LogP contribution in [0.25, 0.3) is 0 Å². The zero-order chi connectivity index (χ0) is 16.1. The predicted molar refractivity (Wildman–Crippen MR) is 78.5 cm³/mol. The molecule has 2 rings (SSSR count). The van der Waals surface area contributed by atoms with Crippen molar-refractivity contribution in [1.82, 2.24) is 4.90 Å². The van der Waals surface area contributed by atoms with Crippen molar-refractivity contribution in [2.45, 2.75) is 19.5 Å². The van der Waals surface area contributed by atoms with Gasteiger partial charge in [0.1, 0.15) is 5.75 Å². The number of amides is 2. The number of nitrogens with zero attached hydrogens (tertiary/aromatic N) is 1. The summed E-state index contributed by atoms with van der Waals surface area (Å²) in [4.78, 5) is 13.8. The van der Waals surface area contributed by atoms with Gasteiger partial charge in [-0.05, 0) is 37.0 Å². The SMILES string of the molecule is O=C(Nc1ccc(OC(F)F)c(Cl)c1)N1CCCC(CO)C1. The van der Waals surface area contributed by atoms with Crippen LogP contribution in [-0.2, 0) is 0 Å². The number of alkyl halides is 2. The fraction of sp³-hybridized carbons (Fsp3) is 0.500. The van der Waals surface area contributed by atoms with E-state index < -0.39 is 6.61 Å². The zero-order valence-electron chi connectivity index (χ0n) is 11.8. The van der Waals surface area contributed by atoms with Crippen molar-refractivity contribution < 1.29 is 23.4 Å². The van der Waals surface area contributed by atoms with E-state index in [-0.39, 0.29) is 29.3 Å². The minimum atomic E-state index is -2.96. The topological polar surface area (TPSA) is 61.8 Å². The van der Waals surface area contributed by atoms with Crippen LogP contribution >= 0.6 is 11.6 Å². The molecular weight excluding hydrogens is 318 g/mol. The van der Waals surface area contributed by atoms with Crippen LogP contribution < -0.4 is 10.1 Å². The van der Waals surface area contributed by atoms with Crippen molar-refractivity contribution in [2.75, 3.05) is 25.0 Å². The summed E-state index contributed by atoms with van der Waals surface area (Å²) in [5, 5.41) is 11.8. The maximum atomic E-state index is 12.1. The van der Waals surface area contributed by atoms with Crippen LogP contribution in [0.2, 0.25) is 5.02 Å². The first-order chi connectivity index (χ1) is 10.5. The van der Waals surface area contributed by atoms with E-state index >= 15 is 0 Å². The quantitative estimate of drug-likeness (QED) is 0.889. The Morgan fingerprint density at radius 3 is 2.95 bits per heavy atom. The van der Waals surface area contributed by atoms with Crippen LogP contribution in [0.15, 0.2) is 18.2 Å². The highest BCUT2D eigenvalue weighted by Gasteiger charge is 2.23. The summed E-state index contributed by atoms with van der Waals surface area (Å²) < 4.78 is 28.5. The number of ether oxygens (including phenoxy) is 1.